The summed E-state index contributed by atoms with van der Waals surface area (Å²) in [5.41, 5.74) is -2.42. The fraction of sp³-hybridized carbons (Fsp3) is 0.263. The van der Waals surface area contributed by atoms with Gasteiger partial charge in [-0.1, -0.05) is 0 Å². The largest absolute Gasteiger partial charge is 0.495 e. The first-order chi connectivity index (χ1) is 15.7. The maximum atomic E-state index is 14.7. The first kappa shape index (κ1) is 21.7. The van der Waals surface area contributed by atoms with Crippen LogP contribution in [0.2, 0.25) is 0 Å². The Hall–Kier alpha value is -4.54. The molecule has 3 aromatic rings. The van der Waals surface area contributed by atoms with Crippen molar-refractivity contribution in [2.45, 2.75) is 12.0 Å². The molecule has 1 unspecified atom stereocenters. The molecule has 1 fully saturated rings. The van der Waals surface area contributed by atoms with Gasteiger partial charge in [-0.3, -0.25) is 14.6 Å². The molecule has 0 amide bonds. The highest BCUT2D eigenvalue weighted by Gasteiger charge is 2.51. The second kappa shape index (κ2) is 8.19. The Bertz CT molecular complexity index is 1430. The Labute approximate surface area is 182 Å². The summed E-state index contributed by atoms with van der Waals surface area (Å²) in [6.45, 7) is -1.23. The van der Waals surface area contributed by atoms with Crippen LogP contribution in [0.15, 0.2) is 38.9 Å². The average Bonchev–Trinajstić information content (AvgIpc) is 3.08. The molecule has 3 N–H and O–H groups in total. The fourth-order valence-corrected chi connectivity index (χ4v) is 3.31. The summed E-state index contributed by atoms with van der Waals surface area (Å²) in [6, 6.07) is 4.25. The van der Waals surface area contributed by atoms with Gasteiger partial charge in [0.15, 0.2) is 6.10 Å². The van der Waals surface area contributed by atoms with E-state index in [1.54, 1.807) is 0 Å². The number of halogens is 2. The quantitative estimate of drug-likeness (QED) is 0.475. The van der Waals surface area contributed by atoms with E-state index in [1.807, 2.05) is 11.1 Å². The minimum absolute atomic E-state index is 0.0340. The summed E-state index contributed by atoms with van der Waals surface area (Å²) >= 11 is 0. The predicted molar refractivity (Wildman–Crippen MR) is 109 cm³/mol. The number of hydrogen-bond acceptors (Lipinski definition) is 9. The second-order valence-electron chi connectivity index (χ2n) is 7.04. The molecular weight excluding hydrogens is 444 g/mol. The van der Waals surface area contributed by atoms with Crippen molar-refractivity contribution < 1.29 is 18.3 Å². The number of H-pyrrole nitrogens is 3. The highest BCUT2D eigenvalue weighted by molar-refractivity contribution is 5.62. The van der Waals surface area contributed by atoms with Gasteiger partial charge in [0.05, 0.1) is 37.7 Å². The van der Waals surface area contributed by atoms with Gasteiger partial charge in [-0.05, 0) is 6.07 Å². The molecular formula is C19H15F2N7O5. The van der Waals surface area contributed by atoms with E-state index < -0.39 is 35.4 Å². The van der Waals surface area contributed by atoms with Crippen molar-refractivity contribution in [1.82, 2.24) is 25.1 Å². The van der Waals surface area contributed by atoms with Gasteiger partial charge in [-0.2, -0.15) is 10.4 Å². The lowest BCUT2D eigenvalue weighted by Crippen LogP contribution is -2.36. The number of nitriles is 1. The third-order valence-electron chi connectivity index (χ3n) is 4.92. The van der Waals surface area contributed by atoms with Crippen molar-refractivity contribution in [1.29, 1.82) is 5.26 Å². The number of ether oxygens (including phenoxy) is 2. The molecule has 12 nitrogen and oxygen atoms in total. The Morgan fingerprint density at radius 2 is 2.06 bits per heavy atom. The number of alkyl halides is 2. The van der Waals surface area contributed by atoms with Crippen LogP contribution in [0.4, 0.5) is 14.5 Å². The lowest BCUT2D eigenvalue weighted by molar-refractivity contribution is -0.0609. The van der Waals surface area contributed by atoms with Gasteiger partial charge < -0.3 is 19.4 Å². The van der Waals surface area contributed by atoms with Crippen molar-refractivity contribution in [2.24, 2.45) is 0 Å². The summed E-state index contributed by atoms with van der Waals surface area (Å²) in [5, 5.41) is 14.9. The van der Waals surface area contributed by atoms with E-state index in [0.29, 0.717) is 0 Å². The summed E-state index contributed by atoms with van der Waals surface area (Å²) in [4.78, 5) is 44.8. The summed E-state index contributed by atoms with van der Waals surface area (Å²) in [7, 11) is 1.31. The molecule has 1 aliphatic heterocycles. The average molecular weight is 459 g/mol. The molecule has 0 saturated carbocycles. The summed E-state index contributed by atoms with van der Waals surface area (Å²) < 4.78 is 39.8. The van der Waals surface area contributed by atoms with E-state index in [0.717, 1.165) is 17.3 Å². The molecule has 0 aliphatic carbocycles. The van der Waals surface area contributed by atoms with Crippen LogP contribution in [0.1, 0.15) is 5.56 Å². The van der Waals surface area contributed by atoms with Crippen LogP contribution in [-0.2, 0) is 0 Å². The zero-order chi connectivity index (χ0) is 23.8. The zero-order valence-corrected chi connectivity index (χ0v) is 16.9. The van der Waals surface area contributed by atoms with Gasteiger partial charge in [-0.25, -0.2) is 23.7 Å². The lowest BCUT2D eigenvalue weighted by Gasteiger charge is -2.18. The molecule has 3 aromatic heterocycles. The Morgan fingerprint density at radius 1 is 1.27 bits per heavy atom. The fourth-order valence-electron chi connectivity index (χ4n) is 3.31. The van der Waals surface area contributed by atoms with Crippen molar-refractivity contribution in [2.75, 3.05) is 25.1 Å². The topological polar surface area (TPSA) is 170 Å². The van der Waals surface area contributed by atoms with Crippen LogP contribution in [0, 0.1) is 11.3 Å². The number of pyridine rings is 1. The van der Waals surface area contributed by atoms with Crippen molar-refractivity contribution >= 4 is 5.69 Å². The van der Waals surface area contributed by atoms with Gasteiger partial charge in [0, 0.05) is 12.3 Å². The SMILES string of the molecule is COc1cc(OC2CN(c3cc(-c4c[nH]c(=O)[nH]c4=O)n[nH]c3=O)CC2(F)F)ncc1C#N. The van der Waals surface area contributed by atoms with Crippen LogP contribution in [0.3, 0.4) is 0 Å². The Balaban J connectivity index is 1.63. The number of aromatic nitrogens is 5. The number of anilines is 1. The third kappa shape index (κ3) is 4.15. The number of hydrogen-bond donors (Lipinski definition) is 3. The molecule has 14 heteroatoms. The van der Waals surface area contributed by atoms with Gasteiger partial charge in [0.25, 0.3) is 11.1 Å². The van der Waals surface area contributed by atoms with Crippen LogP contribution in [-0.4, -0.2) is 57.4 Å². The van der Waals surface area contributed by atoms with Gasteiger partial charge in [0.1, 0.15) is 23.1 Å². The number of nitrogens with one attached hydrogen (secondary N) is 3. The van der Waals surface area contributed by atoms with Crippen molar-refractivity contribution in [3.63, 3.8) is 0 Å². The molecule has 170 valence electrons. The minimum atomic E-state index is -3.37. The Kier molecular flexibility index (Phi) is 5.38. The van der Waals surface area contributed by atoms with E-state index in [-0.39, 0.29) is 40.7 Å². The molecule has 4 rings (SSSR count). The number of methoxy groups -OCH3 is 1. The molecule has 1 atom stereocenters. The third-order valence-corrected chi connectivity index (χ3v) is 4.92. The molecule has 0 bridgehead atoms. The van der Waals surface area contributed by atoms with E-state index in [9.17, 15) is 23.2 Å². The number of aromatic amines is 3. The van der Waals surface area contributed by atoms with E-state index >= 15 is 0 Å². The maximum Gasteiger partial charge on any atom is 0.325 e. The monoisotopic (exact) mass is 459 g/mol. The minimum Gasteiger partial charge on any atom is -0.495 e. The lowest BCUT2D eigenvalue weighted by atomic mass is 10.2. The zero-order valence-electron chi connectivity index (χ0n) is 16.9. The van der Waals surface area contributed by atoms with E-state index in [1.165, 1.54) is 19.2 Å². The number of nitrogens with zero attached hydrogens (tertiary/aromatic N) is 4. The standard InChI is InChI=1S/C19H15F2N7O5/c1-32-13-3-15(23-5-9(13)4-22)33-14-7-28(8-19(14,20)21)12-2-11(26-27-17(12)30)10-6-24-18(31)25-16(10)29/h2-3,5-6,14H,7-8H2,1H3,(H,27,30)(H2,24,25,29,31). The van der Waals surface area contributed by atoms with Crippen LogP contribution < -0.4 is 31.2 Å². The van der Waals surface area contributed by atoms with Crippen molar-refractivity contribution in [3.05, 3.63) is 61.3 Å². The Morgan fingerprint density at radius 3 is 2.76 bits per heavy atom. The van der Waals surface area contributed by atoms with Gasteiger partial charge in [0.2, 0.25) is 5.88 Å². The smallest absolute Gasteiger partial charge is 0.325 e. The first-order valence-electron chi connectivity index (χ1n) is 9.37. The first-order valence-corrected chi connectivity index (χ1v) is 9.37. The second-order valence-corrected chi connectivity index (χ2v) is 7.04. The number of rotatable bonds is 5. The summed E-state index contributed by atoms with van der Waals surface area (Å²) in [6.07, 6.45) is 0.566. The molecule has 33 heavy (non-hydrogen) atoms. The maximum absolute atomic E-state index is 14.7. The van der Waals surface area contributed by atoms with Crippen molar-refractivity contribution in [3.8, 4) is 29.0 Å². The van der Waals surface area contributed by atoms with Crippen LogP contribution in [0.5, 0.6) is 11.6 Å². The highest BCUT2D eigenvalue weighted by Crippen LogP contribution is 2.34. The van der Waals surface area contributed by atoms with Gasteiger partial charge >= 0.3 is 11.6 Å². The predicted octanol–water partition coefficient (Wildman–Crippen LogP) is -0.00832. The molecule has 0 spiro atoms. The van der Waals surface area contributed by atoms with E-state index in [2.05, 4.69) is 20.2 Å². The molecule has 0 radical (unpaired) electrons. The molecule has 4 heterocycles. The molecule has 0 aromatic carbocycles. The normalized spacial score (nSPS) is 16.9. The van der Waals surface area contributed by atoms with Gasteiger partial charge in [-0.15, -0.1) is 0 Å². The molecule has 1 aliphatic rings. The highest BCUT2D eigenvalue weighted by atomic mass is 19.3. The van der Waals surface area contributed by atoms with E-state index in [4.69, 9.17) is 14.7 Å². The molecule has 1 saturated heterocycles. The summed E-state index contributed by atoms with van der Waals surface area (Å²) in [5.74, 6) is -3.43. The van der Waals surface area contributed by atoms with Crippen LogP contribution >= 0.6 is 0 Å². The van der Waals surface area contributed by atoms with Crippen LogP contribution in [0.25, 0.3) is 11.3 Å².